The van der Waals surface area contributed by atoms with E-state index in [1.54, 1.807) is 0 Å². The molecular weight excluding hydrogens is 600 g/mol. The lowest BCUT2D eigenvalue weighted by Crippen LogP contribution is -2.02. The fraction of sp³-hybridized carbons (Fsp3) is 0.667. The van der Waals surface area contributed by atoms with Crippen molar-refractivity contribution in [3.63, 3.8) is 0 Å². The molecule has 276 valence electrons. The number of unbranched alkanes of at least 4 members (excludes halogenated alkanes) is 12. The molecule has 0 aromatic heterocycles. The fourth-order valence-corrected chi connectivity index (χ4v) is 4.69. The molecule has 0 spiro atoms. The number of carbonyl (C=O) groups is 2. The summed E-state index contributed by atoms with van der Waals surface area (Å²) in [7, 11) is 0. The molecule has 0 rings (SSSR count). The van der Waals surface area contributed by atoms with Gasteiger partial charge in [-0.05, 0) is 71.1 Å². The standard InChI is InChI=1S/C22H38O3.C20H34O3/c1-3-5-15-18-21(23)19-16-13-11-9-7-6-8-10-12-14-17-20-22(24)25-4-2;1-2-3-13-16-19(21)17-14-11-9-7-5-4-6-8-10-12-15-18-20(22)23/h6-7,11,13,16,19,21,23H,3-5,8-10,12,14-15,17-18,20H2,1-2H3;4-5,9,11,14,17,19,21H,2-3,6-8,10,12-13,15-16,18H2,1H3,(H,22,23)/b7-6-,13-11-,19-16+;5-4-,11-9-,17-14+/t21-;19-/m00/s1. The average molecular weight is 673 g/mol. The van der Waals surface area contributed by atoms with Crippen LogP contribution in [0.15, 0.2) is 72.9 Å². The molecule has 0 bridgehead atoms. The van der Waals surface area contributed by atoms with E-state index in [9.17, 15) is 19.8 Å². The van der Waals surface area contributed by atoms with Crippen molar-refractivity contribution in [3.05, 3.63) is 72.9 Å². The number of carbonyl (C=O) groups excluding carboxylic acids is 1. The van der Waals surface area contributed by atoms with E-state index < -0.39 is 5.97 Å². The van der Waals surface area contributed by atoms with Gasteiger partial charge in [0, 0.05) is 12.8 Å². The number of hydrogen-bond donors (Lipinski definition) is 3. The molecule has 48 heavy (non-hydrogen) atoms. The van der Waals surface area contributed by atoms with Gasteiger partial charge in [-0.3, -0.25) is 9.59 Å². The SMILES string of the molecule is CCCCC[C@H](O)/C=C/C=C\C/C=C\CCCCCCC(=O)O.CCCCC[C@H](O)/C=C/C=C\C/C=C\CCCCCCC(=O)OCC. The first-order valence-corrected chi connectivity index (χ1v) is 19.1. The number of rotatable bonds is 31. The van der Waals surface area contributed by atoms with Gasteiger partial charge in [0.2, 0.25) is 0 Å². The van der Waals surface area contributed by atoms with E-state index in [4.69, 9.17) is 9.84 Å². The summed E-state index contributed by atoms with van der Waals surface area (Å²) in [5.41, 5.74) is 0. The fourth-order valence-electron chi connectivity index (χ4n) is 4.69. The third-order valence-electron chi connectivity index (χ3n) is 7.56. The average Bonchev–Trinajstić information content (AvgIpc) is 3.06. The molecule has 0 aromatic carbocycles. The van der Waals surface area contributed by atoms with Crippen LogP contribution in [-0.2, 0) is 14.3 Å². The Bertz CT molecular complexity index is 883. The summed E-state index contributed by atoms with van der Waals surface area (Å²) in [5, 5.41) is 28.0. The number of ether oxygens (including phenoxy) is 1. The summed E-state index contributed by atoms with van der Waals surface area (Å²) in [6.07, 6.45) is 45.8. The van der Waals surface area contributed by atoms with Crippen LogP contribution in [0.2, 0.25) is 0 Å². The molecule has 6 heteroatoms. The zero-order valence-corrected chi connectivity index (χ0v) is 30.9. The molecule has 0 radical (unpaired) electrons. The van der Waals surface area contributed by atoms with E-state index in [2.05, 4.69) is 50.3 Å². The van der Waals surface area contributed by atoms with Gasteiger partial charge >= 0.3 is 11.9 Å². The number of carboxylic acids is 1. The van der Waals surface area contributed by atoms with Crippen LogP contribution in [-0.4, -0.2) is 46.1 Å². The lowest BCUT2D eigenvalue weighted by molar-refractivity contribution is -0.143. The van der Waals surface area contributed by atoms with Gasteiger partial charge in [0.25, 0.3) is 0 Å². The van der Waals surface area contributed by atoms with Crippen LogP contribution in [0.25, 0.3) is 0 Å². The Hall–Kier alpha value is -2.70. The molecular formula is C42H72O6. The zero-order chi connectivity index (χ0) is 35.8. The van der Waals surface area contributed by atoms with E-state index in [-0.39, 0.29) is 18.2 Å². The van der Waals surface area contributed by atoms with Gasteiger partial charge in [-0.15, -0.1) is 0 Å². The van der Waals surface area contributed by atoms with E-state index in [1.807, 2.05) is 43.4 Å². The van der Waals surface area contributed by atoms with Crippen molar-refractivity contribution in [3.8, 4) is 0 Å². The first-order chi connectivity index (χ1) is 23.4. The van der Waals surface area contributed by atoms with E-state index >= 15 is 0 Å². The van der Waals surface area contributed by atoms with Crippen LogP contribution >= 0.6 is 0 Å². The van der Waals surface area contributed by atoms with Crippen molar-refractivity contribution in [2.24, 2.45) is 0 Å². The van der Waals surface area contributed by atoms with Crippen LogP contribution < -0.4 is 0 Å². The molecule has 0 aliphatic carbocycles. The van der Waals surface area contributed by atoms with Gasteiger partial charge in [-0.2, -0.15) is 0 Å². The molecule has 6 nitrogen and oxygen atoms in total. The van der Waals surface area contributed by atoms with Gasteiger partial charge in [0.1, 0.15) is 0 Å². The second-order valence-electron chi connectivity index (χ2n) is 12.3. The summed E-state index contributed by atoms with van der Waals surface area (Å²) in [5.74, 6) is -0.768. The molecule has 2 atom stereocenters. The van der Waals surface area contributed by atoms with E-state index in [0.29, 0.717) is 19.4 Å². The highest BCUT2D eigenvalue weighted by molar-refractivity contribution is 5.69. The first-order valence-electron chi connectivity index (χ1n) is 19.1. The van der Waals surface area contributed by atoms with Crippen LogP contribution in [0.3, 0.4) is 0 Å². The minimum Gasteiger partial charge on any atom is -0.481 e. The molecule has 0 heterocycles. The predicted octanol–water partition coefficient (Wildman–Crippen LogP) is 11.3. The van der Waals surface area contributed by atoms with Crippen molar-refractivity contribution >= 4 is 11.9 Å². The minimum absolute atomic E-state index is 0.0725. The summed E-state index contributed by atoms with van der Waals surface area (Å²) in [6.45, 7) is 6.66. The van der Waals surface area contributed by atoms with Crippen LogP contribution in [0.5, 0.6) is 0 Å². The van der Waals surface area contributed by atoms with Crippen molar-refractivity contribution in [2.45, 2.75) is 174 Å². The number of aliphatic hydroxyl groups is 2. The largest absolute Gasteiger partial charge is 0.481 e. The summed E-state index contributed by atoms with van der Waals surface area (Å²) >= 11 is 0. The van der Waals surface area contributed by atoms with Crippen LogP contribution in [0.1, 0.15) is 162 Å². The monoisotopic (exact) mass is 673 g/mol. The number of aliphatic hydroxyl groups excluding tert-OH is 2. The molecule has 0 fully saturated rings. The van der Waals surface area contributed by atoms with Gasteiger partial charge < -0.3 is 20.1 Å². The lowest BCUT2D eigenvalue weighted by Gasteiger charge is -2.02. The van der Waals surface area contributed by atoms with Crippen molar-refractivity contribution < 1.29 is 29.6 Å². The highest BCUT2D eigenvalue weighted by Crippen LogP contribution is 2.09. The molecule has 0 unspecified atom stereocenters. The third-order valence-corrected chi connectivity index (χ3v) is 7.56. The Morgan fingerprint density at radius 2 is 1.00 bits per heavy atom. The maximum Gasteiger partial charge on any atom is 0.305 e. The zero-order valence-electron chi connectivity index (χ0n) is 30.9. The highest BCUT2D eigenvalue weighted by atomic mass is 16.5. The lowest BCUT2D eigenvalue weighted by atomic mass is 10.1. The van der Waals surface area contributed by atoms with E-state index in [1.165, 1.54) is 32.1 Å². The maximum absolute atomic E-state index is 11.2. The molecule has 0 saturated carbocycles. The number of carboxylic acid groups (broad SMARTS) is 1. The summed E-state index contributed by atoms with van der Waals surface area (Å²) in [4.78, 5) is 21.5. The van der Waals surface area contributed by atoms with E-state index in [0.717, 1.165) is 96.3 Å². The Morgan fingerprint density at radius 3 is 1.44 bits per heavy atom. The summed E-state index contributed by atoms with van der Waals surface area (Å²) < 4.78 is 4.90. The van der Waals surface area contributed by atoms with Crippen molar-refractivity contribution in [1.82, 2.24) is 0 Å². The number of aliphatic carboxylic acids is 1. The normalized spacial score (nSPS) is 13.4. The maximum atomic E-state index is 11.2. The Labute approximate surface area is 294 Å². The second kappa shape index (κ2) is 40.5. The molecule has 0 aliphatic heterocycles. The third kappa shape index (κ3) is 43.3. The number of hydrogen-bond acceptors (Lipinski definition) is 5. The van der Waals surface area contributed by atoms with Gasteiger partial charge in [-0.1, -0.05) is 151 Å². The molecule has 0 aliphatic rings. The Morgan fingerprint density at radius 1 is 0.542 bits per heavy atom. The van der Waals surface area contributed by atoms with Crippen molar-refractivity contribution in [1.29, 1.82) is 0 Å². The number of esters is 1. The van der Waals surface area contributed by atoms with Gasteiger partial charge in [0.05, 0.1) is 18.8 Å². The molecule has 3 N–H and O–H groups in total. The van der Waals surface area contributed by atoms with Gasteiger partial charge in [-0.25, -0.2) is 0 Å². The predicted molar refractivity (Wildman–Crippen MR) is 204 cm³/mol. The number of allylic oxidation sites excluding steroid dienone is 10. The van der Waals surface area contributed by atoms with Crippen LogP contribution in [0.4, 0.5) is 0 Å². The molecule has 0 aromatic rings. The topological polar surface area (TPSA) is 104 Å². The minimum atomic E-state index is -0.695. The van der Waals surface area contributed by atoms with Crippen LogP contribution in [0, 0.1) is 0 Å². The highest BCUT2D eigenvalue weighted by Gasteiger charge is 2.00. The summed E-state index contributed by atoms with van der Waals surface area (Å²) in [6, 6.07) is 0. The smallest absolute Gasteiger partial charge is 0.305 e. The second-order valence-corrected chi connectivity index (χ2v) is 12.3. The van der Waals surface area contributed by atoms with Crippen molar-refractivity contribution in [2.75, 3.05) is 6.61 Å². The quantitative estimate of drug-likeness (QED) is 0.0293. The molecule has 0 amide bonds. The Kier molecular flexibility index (Phi) is 40.0. The Balaban J connectivity index is 0. The molecule has 0 saturated heterocycles. The first kappa shape index (κ1) is 47.4. The van der Waals surface area contributed by atoms with Gasteiger partial charge in [0.15, 0.2) is 0 Å².